The maximum absolute atomic E-state index is 10.9. The SMILES string of the molecule is CCCOC(=O)CC(C)(C)N. The Kier molecular flexibility index (Phi) is 4.11. The third-order valence-electron chi connectivity index (χ3n) is 1.07. The standard InChI is InChI=1S/C8H17NO2/c1-4-5-11-7(10)6-8(2,3)9/h4-6,9H2,1-3H3. The number of carbonyl (C=O) groups excluding carboxylic acids is 1. The van der Waals surface area contributed by atoms with Crippen LogP contribution in [0.25, 0.3) is 0 Å². The van der Waals surface area contributed by atoms with Gasteiger partial charge in [0.15, 0.2) is 0 Å². The first-order valence-corrected chi connectivity index (χ1v) is 3.90. The molecule has 0 aliphatic carbocycles. The van der Waals surface area contributed by atoms with Gasteiger partial charge in [-0.25, -0.2) is 0 Å². The van der Waals surface area contributed by atoms with Crippen LogP contribution in [0.15, 0.2) is 0 Å². The molecular formula is C8H17NO2. The third kappa shape index (κ3) is 7.33. The molecule has 0 aliphatic heterocycles. The molecule has 0 saturated heterocycles. The van der Waals surface area contributed by atoms with E-state index in [0.29, 0.717) is 6.61 Å². The van der Waals surface area contributed by atoms with Crippen LogP contribution in [-0.4, -0.2) is 18.1 Å². The Morgan fingerprint density at radius 1 is 1.55 bits per heavy atom. The summed E-state index contributed by atoms with van der Waals surface area (Å²) in [5.74, 6) is -0.209. The summed E-state index contributed by atoms with van der Waals surface area (Å²) in [5.41, 5.74) is 5.15. The monoisotopic (exact) mass is 159 g/mol. The van der Waals surface area contributed by atoms with Crippen molar-refractivity contribution in [2.75, 3.05) is 6.61 Å². The number of nitrogens with two attached hydrogens (primary N) is 1. The van der Waals surface area contributed by atoms with E-state index < -0.39 is 5.54 Å². The molecule has 0 fully saturated rings. The predicted octanol–water partition coefficient (Wildman–Crippen LogP) is 1.07. The van der Waals surface area contributed by atoms with Crippen molar-refractivity contribution in [2.45, 2.75) is 39.2 Å². The van der Waals surface area contributed by atoms with Crippen LogP contribution >= 0.6 is 0 Å². The van der Waals surface area contributed by atoms with Gasteiger partial charge in [0.2, 0.25) is 0 Å². The van der Waals surface area contributed by atoms with Gasteiger partial charge in [-0.3, -0.25) is 4.79 Å². The Labute approximate surface area is 67.9 Å². The lowest BCUT2D eigenvalue weighted by Crippen LogP contribution is -2.35. The summed E-state index contributed by atoms with van der Waals surface area (Å²) in [7, 11) is 0. The number of ether oxygens (including phenoxy) is 1. The molecule has 0 saturated carbocycles. The van der Waals surface area contributed by atoms with Crippen molar-refractivity contribution in [3.63, 3.8) is 0 Å². The van der Waals surface area contributed by atoms with Crippen LogP contribution in [0.1, 0.15) is 33.6 Å². The largest absolute Gasteiger partial charge is 0.466 e. The smallest absolute Gasteiger partial charge is 0.307 e. The second kappa shape index (κ2) is 4.34. The van der Waals surface area contributed by atoms with Crippen LogP contribution < -0.4 is 5.73 Å². The summed E-state index contributed by atoms with van der Waals surface area (Å²) >= 11 is 0. The maximum Gasteiger partial charge on any atom is 0.307 e. The number of hydrogen-bond donors (Lipinski definition) is 1. The van der Waals surface area contributed by atoms with Crippen LogP contribution in [0, 0.1) is 0 Å². The first kappa shape index (κ1) is 10.4. The van der Waals surface area contributed by atoms with Crippen LogP contribution in [-0.2, 0) is 9.53 Å². The van der Waals surface area contributed by atoms with E-state index in [1.165, 1.54) is 0 Å². The van der Waals surface area contributed by atoms with Crippen LogP contribution in [0.2, 0.25) is 0 Å². The second-order valence-corrected chi connectivity index (χ2v) is 3.39. The van der Waals surface area contributed by atoms with E-state index in [1.807, 2.05) is 6.92 Å². The minimum atomic E-state index is -0.454. The molecule has 0 aromatic heterocycles. The molecule has 66 valence electrons. The first-order chi connectivity index (χ1) is 4.95. The van der Waals surface area contributed by atoms with E-state index in [1.54, 1.807) is 13.8 Å². The van der Waals surface area contributed by atoms with E-state index in [2.05, 4.69) is 0 Å². The summed E-state index contributed by atoms with van der Waals surface area (Å²) in [6, 6.07) is 0. The van der Waals surface area contributed by atoms with E-state index >= 15 is 0 Å². The van der Waals surface area contributed by atoms with Gasteiger partial charge >= 0.3 is 5.97 Å². The quantitative estimate of drug-likeness (QED) is 0.624. The first-order valence-electron chi connectivity index (χ1n) is 3.90. The molecule has 2 N–H and O–H groups in total. The molecule has 3 heteroatoms. The third-order valence-corrected chi connectivity index (χ3v) is 1.07. The topological polar surface area (TPSA) is 52.3 Å². The van der Waals surface area contributed by atoms with Crippen molar-refractivity contribution >= 4 is 5.97 Å². The lowest BCUT2D eigenvalue weighted by atomic mass is 10.0. The zero-order chi connectivity index (χ0) is 8.91. The van der Waals surface area contributed by atoms with Gasteiger partial charge in [-0.15, -0.1) is 0 Å². The van der Waals surface area contributed by atoms with E-state index in [9.17, 15) is 4.79 Å². The molecular weight excluding hydrogens is 142 g/mol. The van der Waals surface area contributed by atoms with E-state index in [0.717, 1.165) is 6.42 Å². The highest BCUT2D eigenvalue weighted by Gasteiger charge is 2.16. The van der Waals surface area contributed by atoms with Gasteiger partial charge in [0.25, 0.3) is 0 Å². The lowest BCUT2D eigenvalue weighted by Gasteiger charge is -2.16. The van der Waals surface area contributed by atoms with Crippen molar-refractivity contribution in [1.82, 2.24) is 0 Å². The summed E-state index contributed by atoms with van der Waals surface area (Å²) in [6.07, 6.45) is 1.14. The molecule has 3 nitrogen and oxygen atoms in total. The average molecular weight is 159 g/mol. The van der Waals surface area contributed by atoms with Crippen molar-refractivity contribution in [1.29, 1.82) is 0 Å². The fourth-order valence-corrected chi connectivity index (χ4v) is 0.639. The van der Waals surface area contributed by atoms with Crippen molar-refractivity contribution in [2.24, 2.45) is 5.73 Å². The van der Waals surface area contributed by atoms with Crippen molar-refractivity contribution in [3.8, 4) is 0 Å². The van der Waals surface area contributed by atoms with Crippen LogP contribution in [0.5, 0.6) is 0 Å². The molecule has 0 bridgehead atoms. The van der Waals surface area contributed by atoms with Crippen molar-refractivity contribution < 1.29 is 9.53 Å². The Morgan fingerprint density at radius 2 is 2.09 bits per heavy atom. The Bertz CT molecular complexity index is 127. The highest BCUT2D eigenvalue weighted by atomic mass is 16.5. The highest BCUT2D eigenvalue weighted by Crippen LogP contribution is 2.04. The normalized spacial score (nSPS) is 11.3. The molecule has 0 rings (SSSR count). The second-order valence-electron chi connectivity index (χ2n) is 3.39. The molecule has 0 radical (unpaired) electrons. The summed E-state index contributed by atoms with van der Waals surface area (Å²) in [6.45, 7) is 6.07. The van der Waals surface area contributed by atoms with Crippen LogP contribution in [0.4, 0.5) is 0 Å². The number of esters is 1. The predicted molar refractivity (Wildman–Crippen MR) is 44.1 cm³/mol. The van der Waals surface area contributed by atoms with Gasteiger partial charge in [-0.1, -0.05) is 6.92 Å². The molecule has 0 unspecified atom stereocenters. The molecule has 0 aromatic carbocycles. The molecule has 0 spiro atoms. The molecule has 0 atom stereocenters. The molecule has 0 aromatic rings. The van der Waals surface area contributed by atoms with Gasteiger partial charge in [0.05, 0.1) is 13.0 Å². The molecule has 0 amide bonds. The number of hydrogen-bond acceptors (Lipinski definition) is 3. The fourth-order valence-electron chi connectivity index (χ4n) is 0.639. The molecule has 0 aliphatic rings. The Morgan fingerprint density at radius 3 is 2.45 bits per heavy atom. The summed E-state index contributed by atoms with van der Waals surface area (Å²) < 4.78 is 4.85. The van der Waals surface area contributed by atoms with Gasteiger partial charge in [0.1, 0.15) is 0 Å². The van der Waals surface area contributed by atoms with Crippen LogP contribution in [0.3, 0.4) is 0 Å². The van der Waals surface area contributed by atoms with Gasteiger partial charge in [0, 0.05) is 5.54 Å². The maximum atomic E-state index is 10.9. The minimum absolute atomic E-state index is 0.209. The van der Waals surface area contributed by atoms with E-state index in [4.69, 9.17) is 10.5 Å². The zero-order valence-electron chi connectivity index (χ0n) is 7.52. The fraction of sp³-hybridized carbons (Fsp3) is 0.875. The molecule has 0 heterocycles. The zero-order valence-corrected chi connectivity index (χ0v) is 7.52. The lowest BCUT2D eigenvalue weighted by molar-refractivity contribution is -0.144. The summed E-state index contributed by atoms with van der Waals surface area (Å²) in [4.78, 5) is 10.9. The number of rotatable bonds is 4. The van der Waals surface area contributed by atoms with Gasteiger partial charge in [-0.2, -0.15) is 0 Å². The minimum Gasteiger partial charge on any atom is -0.466 e. The highest BCUT2D eigenvalue weighted by molar-refractivity contribution is 5.70. The molecule has 11 heavy (non-hydrogen) atoms. The van der Waals surface area contributed by atoms with E-state index in [-0.39, 0.29) is 12.4 Å². The van der Waals surface area contributed by atoms with Crippen molar-refractivity contribution in [3.05, 3.63) is 0 Å². The van der Waals surface area contributed by atoms with Gasteiger partial charge < -0.3 is 10.5 Å². The Balaban J connectivity index is 3.53. The van der Waals surface area contributed by atoms with Gasteiger partial charge in [-0.05, 0) is 20.3 Å². The summed E-state index contributed by atoms with van der Waals surface area (Å²) in [5, 5.41) is 0. The number of carbonyl (C=O) groups is 1. The Hall–Kier alpha value is -0.570. The average Bonchev–Trinajstić information content (AvgIpc) is 1.79.